The Hall–Kier alpha value is -2.82. The van der Waals surface area contributed by atoms with Crippen molar-refractivity contribution in [3.8, 4) is 5.88 Å². The lowest BCUT2D eigenvalue weighted by Gasteiger charge is -2.38. The highest BCUT2D eigenvalue weighted by atomic mass is 127. The second-order valence-electron chi connectivity index (χ2n) is 7.41. The lowest BCUT2D eigenvalue weighted by molar-refractivity contribution is -0.131. The summed E-state index contributed by atoms with van der Waals surface area (Å²) in [4.78, 5) is 23.2. The number of fused-ring (bicyclic) bond motifs is 2. The molecule has 0 unspecified atom stereocenters. The Labute approximate surface area is 190 Å². The molecule has 1 atom stereocenters. The average molecular weight is 534 g/mol. The Morgan fingerprint density at radius 1 is 1.16 bits per heavy atom. The summed E-state index contributed by atoms with van der Waals surface area (Å²) < 4.78 is 37.6. The van der Waals surface area contributed by atoms with E-state index in [1.165, 1.54) is 4.90 Å². The standard InChI is InChI=1S/C22H17F2IN4O2/c23-22(24)9-11-28(21(30)15-5-3-10-29-18(25)12-26-20(15)29)13-17(22)31-19-8-7-14-4-1-2-6-16(14)27-19/h1-8,10,12,17H,9,11,13H2/t17-/m0/s1. The first-order chi connectivity index (χ1) is 14.9. The number of para-hydroxylation sites is 1. The number of nitrogens with zero attached hydrogens (tertiary/aromatic N) is 4. The van der Waals surface area contributed by atoms with Gasteiger partial charge in [0.15, 0.2) is 6.10 Å². The van der Waals surface area contributed by atoms with E-state index >= 15 is 0 Å². The van der Waals surface area contributed by atoms with Gasteiger partial charge in [0.2, 0.25) is 5.88 Å². The molecular formula is C22H17F2IN4O2. The quantitative estimate of drug-likeness (QED) is 0.366. The first-order valence-electron chi connectivity index (χ1n) is 9.73. The van der Waals surface area contributed by atoms with Gasteiger partial charge in [-0.25, -0.2) is 18.7 Å². The van der Waals surface area contributed by atoms with E-state index in [0.717, 1.165) is 9.09 Å². The van der Waals surface area contributed by atoms with Crippen molar-refractivity contribution in [2.75, 3.05) is 13.1 Å². The van der Waals surface area contributed by atoms with Crippen LogP contribution in [0.1, 0.15) is 16.8 Å². The first-order valence-corrected chi connectivity index (χ1v) is 10.8. The Bertz CT molecular complexity index is 1290. The SMILES string of the molecule is O=C(c1cccn2c(I)cnc12)N1CCC(F)(F)[C@@H](Oc2ccc3ccccc3n2)C1. The minimum Gasteiger partial charge on any atom is -0.466 e. The van der Waals surface area contributed by atoms with Gasteiger partial charge in [0, 0.05) is 30.6 Å². The number of rotatable bonds is 3. The highest BCUT2D eigenvalue weighted by Crippen LogP contribution is 2.32. The number of piperidine rings is 1. The van der Waals surface area contributed by atoms with E-state index in [0.29, 0.717) is 16.7 Å². The van der Waals surface area contributed by atoms with E-state index in [1.807, 2.05) is 24.4 Å². The van der Waals surface area contributed by atoms with Crippen molar-refractivity contribution < 1.29 is 18.3 Å². The van der Waals surface area contributed by atoms with Crippen LogP contribution in [0.5, 0.6) is 5.88 Å². The molecule has 1 aliphatic rings. The van der Waals surface area contributed by atoms with Crippen molar-refractivity contribution in [1.82, 2.24) is 19.3 Å². The van der Waals surface area contributed by atoms with Gasteiger partial charge in [-0.2, -0.15) is 0 Å². The van der Waals surface area contributed by atoms with Gasteiger partial charge in [-0.15, -0.1) is 0 Å². The third kappa shape index (κ3) is 3.71. The maximum absolute atomic E-state index is 14.7. The van der Waals surface area contributed by atoms with Gasteiger partial charge < -0.3 is 9.64 Å². The summed E-state index contributed by atoms with van der Waals surface area (Å²) >= 11 is 2.12. The molecule has 4 aromatic rings. The minimum atomic E-state index is -3.07. The van der Waals surface area contributed by atoms with Gasteiger partial charge in [0.1, 0.15) is 9.35 Å². The van der Waals surface area contributed by atoms with Crippen LogP contribution in [0.2, 0.25) is 0 Å². The number of imidazole rings is 1. The first kappa shape index (κ1) is 20.1. The van der Waals surface area contributed by atoms with E-state index in [1.54, 1.807) is 40.9 Å². The molecule has 0 bridgehead atoms. The summed E-state index contributed by atoms with van der Waals surface area (Å²) in [7, 11) is 0. The molecule has 0 saturated carbocycles. The number of benzene rings is 1. The fourth-order valence-corrected chi connectivity index (χ4v) is 4.28. The second-order valence-corrected chi connectivity index (χ2v) is 8.51. The lowest BCUT2D eigenvalue weighted by atomic mass is 10.0. The predicted octanol–water partition coefficient (Wildman–Crippen LogP) is 4.42. The molecule has 0 N–H and O–H groups in total. The summed E-state index contributed by atoms with van der Waals surface area (Å²) in [6, 6.07) is 14.2. The summed E-state index contributed by atoms with van der Waals surface area (Å²) in [6.45, 7) is -0.297. The van der Waals surface area contributed by atoms with E-state index in [4.69, 9.17) is 4.74 Å². The van der Waals surface area contributed by atoms with Crippen LogP contribution in [0.25, 0.3) is 16.6 Å². The lowest BCUT2D eigenvalue weighted by Crippen LogP contribution is -2.55. The molecule has 4 heterocycles. The number of carbonyl (C=O) groups is 1. The van der Waals surface area contributed by atoms with Gasteiger partial charge in [-0.05, 0) is 46.9 Å². The van der Waals surface area contributed by atoms with Crippen molar-refractivity contribution in [3.05, 3.63) is 70.2 Å². The average Bonchev–Trinajstić information content (AvgIpc) is 3.15. The Balaban J connectivity index is 1.41. The smallest absolute Gasteiger partial charge is 0.287 e. The van der Waals surface area contributed by atoms with Crippen molar-refractivity contribution in [2.45, 2.75) is 18.4 Å². The van der Waals surface area contributed by atoms with Crippen LogP contribution in [0, 0.1) is 3.70 Å². The molecule has 1 aromatic carbocycles. The Morgan fingerprint density at radius 3 is 2.87 bits per heavy atom. The summed E-state index contributed by atoms with van der Waals surface area (Å²) in [5.74, 6) is -3.30. The molecule has 158 valence electrons. The minimum absolute atomic E-state index is 0.0598. The summed E-state index contributed by atoms with van der Waals surface area (Å²) in [5.41, 5.74) is 1.54. The number of ether oxygens (including phenoxy) is 1. The number of pyridine rings is 2. The molecule has 0 aliphatic carbocycles. The molecule has 0 radical (unpaired) electrons. The third-order valence-electron chi connectivity index (χ3n) is 5.42. The topological polar surface area (TPSA) is 59.7 Å². The Kier molecular flexibility index (Phi) is 4.99. The molecule has 5 rings (SSSR count). The number of amides is 1. The molecule has 1 aliphatic heterocycles. The van der Waals surface area contributed by atoms with Crippen molar-refractivity contribution in [2.24, 2.45) is 0 Å². The maximum Gasteiger partial charge on any atom is 0.287 e. The second kappa shape index (κ2) is 7.70. The monoisotopic (exact) mass is 534 g/mol. The van der Waals surface area contributed by atoms with Crippen molar-refractivity contribution in [1.29, 1.82) is 0 Å². The number of alkyl halides is 2. The highest BCUT2D eigenvalue weighted by molar-refractivity contribution is 14.1. The van der Waals surface area contributed by atoms with E-state index in [2.05, 4.69) is 32.6 Å². The molecule has 6 nitrogen and oxygen atoms in total. The fraction of sp³-hybridized carbons (Fsp3) is 0.227. The van der Waals surface area contributed by atoms with Crippen LogP contribution in [0.3, 0.4) is 0 Å². The number of hydrogen-bond donors (Lipinski definition) is 0. The number of aromatic nitrogens is 3. The van der Waals surface area contributed by atoms with Gasteiger partial charge in [0.05, 0.1) is 23.8 Å². The molecular weight excluding hydrogens is 517 g/mol. The number of carbonyl (C=O) groups excluding carboxylic acids is 1. The zero-order valence-corrected chi connectivity index (χ0v) is 18.4. The number of hydrogen-bond acceptors (Lipinski definition) is 4. The molecule has 3 aromatic heterocycles. The van der Waals surface area contributed by atoms with Crippen LogP contribution in [-0.2, 0) is 0 Å². The molecule has 31 heavy (non-hydrogen) atoms. The highest BCUT2D eigenvalue weighted by Gasteiger charge is 2.47. The van der Waals surface area contributed by atoms with E-state index in [9.17, 15) is 13.6 Å². The fourth-order valence-electron chi connectivity index (χ4n) is 3.75. The zero-order valence-electron chi connectivity index (χ0n) is 16.2. The molecule has 1 amide bonds. The van der Waals surface area contributed by atoms with Crippen LogP contribution in [0.4, 0.5) is 8.78 Å². The van der Waals surface area contributed by atoms with Gasteiger partial charge in [-0.3, -0.25) is 9.20 Å². The Morgan fingerprint density at radius 2 is 2.00 bits per heavy atom. The molecule has 0 spiro atoms. The number of likely N-dealkylation sites (tertiary alicyclic amines) is 1. The largest absolute Gasteiger partial charge is 0.466 e. The molecule has 9 heteroatoms. The van der Waals surface area contributed by atoms with E-state index in [-0.39, 0.29) is 24.9 Å². The van der Waals surface area contributed by atoms with Gasteiger partial charge in [0.25, 0.3) is 11.8 Å². The van der Waals surface area contributed by atoms with Crippen molar-refractivity contribution in [3.63, 3.8) is 0 Å². The van der Waals surface area contributed by atoms with Gasteiger partial charge >= 0.3 is 0 Å². The summed E-state index contributed by atoms with van der Waals surface area (Å²) in [5, 5.41) is 0.893. The van der Waals surface area contributed by atoms with Gasteiger partial charge in [-0.1, -0.05) is 18.2 Å². The normalized spacial score (nSPS) is 18.4. The van der Waals surface area contributed by atoms with Crippen LogP contribution in [0.15, 0.2) is 60.9 Å². The maximum atomic E-state index is 14.7. The predicted molar refractivity (Wildman–Crippen MR) is 120 cm³/mol. The summed E-state index contributed by atoms with van der Waals surface area (Å²) in [6.07, 6.45) is 1.50. The number of halogens is 3. The van der Waals surface area contributed by atoms with Crippen molar-refractivity contribution >= 4 is 45.0 Å². The van der Waals surface area contributed by atoms with Crippen LogP contribution < -0.4 is 4.74 Å². The zero-order chi connectivity index (χ0) is 21.6. The molecule has 1 saturated heterocycles. The third-order valence-corrected chi connectivity index (χ3v) is 6.21. The van der Waals surface area contributed by atoms with Crippen LogP contribution >= 0.6 is 22.6 Å². The molecule has 1 fully saturated rings. The van der Waals surface area contributed by atoms with Crippen LogP contribution in [-0.4, -0.2) is 50.3 Å². The van der Waals surface area contributed by atoms with E-state index < -0.39 is 18.4 Å².